The molecule has 0 bridgehead atoms. The summed E-state index contributed by atoms with van der Waals surface area (Å²) >= 11 is 0. The van der Waals surface area contributed by atoms with E-state index < -0.39 is 97.5 Å². The molecule has 0 aliphatic carbocycles. The van der Waals surface area contributed by atoms with Crippen LogP contribution in [0.1, 0.15) is 407 Å². The Labute approximate surface area is 588 Å². The zero-order valence-electron chi connectivity index (χ0n) is 62.5. The molecule has 0 amide bonds. The molecule has 0 saturated heterocycles. The number of unbranched alkanes of at least 4 members (excludes halogenated alkanes) is 48. The smallest absolute Gasteiger partial charge is 0.462 e. The lowest BCUT2D eigenvalue weighted by Crippen LogP contribution is -2.30. The van der Waals surface area contributed by atoms with Gasteiger partial charge in [0.2, 0.25) is 0 Å². The number of carbonyl (C=O) groups is 4. The Bertz CT molecular complexity index is 1840. The zero-order chi connectivity index (χ0) is 70.5. The Hall–Kier alpha value is -1.94. The predicted octanol–water partition coefficient (Wildman–Crippen LogP) is 22.9. The van der Waals surface area contributed by atoms with Crippen molar-refractivity contribution in [2.75, 3.05) is 39.6 Å². The first-order chi connectivity index (χ1) is 46.6. The summed E-state index contributed by atoms with van der Waals surface area (Å²) in [6.45, 7) is 7.34. The summed E-state index contributed by atoms with van der Waals surface area (Å²) in [6, 6.07) is 0. The van der Waals surface area contributed by atoms with Crippen LogP contribution in [0.3, 0.4) is 0 Å². The molecule has 0 aromatic heterocycles. The Morgan fingerprint density at radius 1 is 0.292 bits per heavy atom. The highest BCUT2D eigenvalue weighted by atomic mass is 31.2. The van der Waals surface area contributed by atoms with Gasteiger partial charge in [-0.05, 0) is 31.6 Å². The maximum Gasteiger partial charge on any atom is 0.472 e. The third-order valence-electron chi connectivity index (χ3n) is 18.4. The van der Waals surface area contributed by atoms with E-state index in [4.69, 9.17) is 37.0 Å². The van der Waals surface area contributed by atoms with Gasteiger partial charge in [-0.15, -0.1) is 0 Å². The predicted molar refractivity (Wildman–Crippen MR) is 391 cm³/mol. The lowest BCUT2D eigenvalue weighted by molar-refractivity contribution is -0.161. The summed E-state index contributed by atoms with van der Waals surface area (Å²) in [7, 11) is -9.91. The first-order valence-corrected chi connectivity index (χ1v) is 43.2. The van der Waals surface area contributed by atoms with Crippen LogP contribution in [0.2, 0.25) is 0 Å². The third-order valence-corrected chi connectivity index (χ3v) is 20.3. The van der Waals surface area contributed by atoms with E-state index in [1.807, 2.05) is 0 Å². The second-order valence-electron chi connectivity index (χ2n) is 28.0. The van der Waals surface area contributed by atoms with Gasteiger partial charge in [0, 0.05) is 25.7 Å². The van der Waals surface area contributed by atoms with Crippen molar-refractivity contribution in [3.8, 4) is 0 Å². The minimum absolute atomic E-state index is 0.107. The van der Waals surface area contributed by atoms with E-state index in [9.17, 15) is 43.2 Å². The lowest BCUT2D eigenvalue weighted by Gasteiger charge is -2.21. The summed E-state index contributed by atoms with van der Waals surface area (Å²) in [6.07, 6.45) is 59.6. The molecule has 0 aromatic carbocycles. The van der Waals surface area contributed by atoms with Crippen LogP contribution in [0.4, 0.5) is 0 Å². The van der Waals surface area contributed by atoms with Gasteiger partial charge in [0.15, 0.2) is 12.2 Å². The standard InChI is InChI=1S/C77H150O17P2/c1-6-10-13-16-19-22-25-26-27-28-29-30-34-37-42-46-51-56-61-75(80)88-67-73(94-77(82)63-58-53-48-43-38-35-32-31-33-36-39-44-49-54-59-70(5)9-4)69-92-96(85,86)90-65-71(78)64-89-95(83,84)91-68-72(93-76(81)62-57-52-47-41-24-21-18-15-12-8-3)66-87-74(79)60-55-50-45-40-23-20-17-14-11-7-2/h70-73,78H,6-69H2,1-5H3,(H,83,84)(H,85,86)/t70?,71-,72+,73+/m0/s1. The number of esters is 4. The molecule has 96 heavy (non-hydrogen) atoms. The molecule has 0 aliphatic rings. The van der Waals surface area contributed by atoms with Crippen molar-refractivity contribution in [2.24, 2.45) is 5.92 Å². The van der Waals surface area contributed by atoms with E-state index in [0.29, 0.717) is 25.7 Å². The summed E-state index contributed by atoms with van der Waals surface area (Å²) in [4.78, 5) is 72.8. The number of phosphoric ester groups is 2. The van der Waals surface area contributed by atoms with Crippen molar-refractivity contribution in [1.82, 2.24) is 0 Å². The molecule has 0 rings (SSSR count). The molecule has 0 aliphatic heterocycles. The van der Waals surface area contributed by atoms with Crippen LogP contribution in [0, 0.1) is 5.92 Å². The number of carbonyl (C=O) groups excluding carboxylic acids is 4. The van der Waals surface area contributed by atoms with Gasteiger partial charge in [-0.1, -0.05) is 356 Å². The van der Waals surface area contributed by atoms with E-state index in [1.54, 1.807) is 0 Å². The van der Waals surface area contributed by atoms with Crippen LogP contribution in [0.25, 0.3) is 0 Å². The summed E-state index contributed by atoms with van der Waals surface area (Å²) < 4.78 is 68.5. The van der Waals surface area contributed by atoms with Gasteiger partial charge < -0.3 is 33.8 Å². The molecule has 0 fully saturated rings. The Kier molecular flexibility index (Phi) is 68.7. The Morgan fingerprint density at radius 2 is 0.500 bits per heavy atom. The van der Waals surface area contributed by atoms with Crippen LogP contribution >= 0.6 is 15.6 Å². The number of hydrogen-bond acceptors (Lipinski definition) is 15. The van der Waals surface area contributed by atoms with E-state index in [2.05, 4.69) is 34.6 Å². The van der Waals surface area contributed by atoms with E-state index in [-0.39, 0.29) is 25.7 Å². The Balaban J connectivity index is 5.21. The highest BCUT2D eigenvalue weighted by Crippen LogP contribution is 2.45. The van der Waals surface area contributed by atoms with Crippen molar-refractivity contribution in [3.05, 3.63) is 0 Å². The van der Waals surface area contributed by atoms with Crippen molar-refractivity contribution in [1.29, 1.82) is 0 Å². The van der Waals surface area contributed by atoms with Crippen LogP contribution < -0.4 is 0 Å². The zero-order valence-corrected chi connectivity index (χ0v) is 64.3. The van der Waals surface area contributed by atoms with Gasteiger partial charge in [-0.2, -0.15) is 0 Å². The van der Waals surface area contributed by atoms with Crippen LogP contribution in [-0.4, -0.2) is 96.7 Å². The molecule has 570 valence electrons. The molecule has 0 spiro atoms. The minimum Gasteiger partial charge on any atom is -0.462 e. The fourth-order valence-electron chi connectivity index (χ4n) is 11.8. The average molecular weight is 1410 g/mol. The first-order valence-electron chi connectivity index (χ1n) is 40.2. The van der Waals surface area contributed by atoms with Gasteiger partial charge in [0.05, 0.1) is 26.4 Å². The number of aliphatic hydroxyl groups is 1. The highest BCUT2D eigenvalue weighted by molar-refractivity contribution is 7.47. The van der Waals surface area contributed by atoms with Gasteiger partial charge in [-0.3, -0.25) is 37.3 Å². The SMILES string of the molecule is CCCCCCCCCCCCCCCCCCCCC(=O)OC[C@H](COP(=O)(O)OC[C@@H](O)COP(=O)(O)OC[C@@H](COC(=O)CCCCCCCCCCCC)OC(=O)CCCCCCCCCCCC)OC(=O)CCCCCCCCCCCCCCCCC(C)CC. The van der Waals surface area contributed by atoms with Gasteiger partial charge in [0.25, 0.3) is 0 Å². The molecule has 17 nitrogen and oxygen atoms in total. The van der Waals surface area contributed by atoms with Crippen molar-refractivity contribution < 1.29 is 80.2 Å². The molecule has 3 unspecified atom stereocenters. The maximum atomic E-state index is 13.1. The fraction of sp³-hybridized carbons (Fsp3) is 0.948. The third kappa shape index (κ3) is 69.2. The number of hydrogen-bond donors (Lipinski definition) is 3. The van der Waals surface area contributed by atoms with Crippen molar-refractivity contribution in [2.45, 2.75) is 425 Å². The second-order valence-corrected chi connectivity index (χ2v) is 30.9. The molecule has 0 aromatic rings. The molecular weight excluding hydrogens is 1260 g/mol. The normalized spacial score (nSPS) is 14.2. The largest absolute Gasteiger partial charge is 0.472 e. The van der Waals surface area contributed by atoms with Gasteiger partial charge >= 0.3 is 39.5 Å². The fourth-order valence-corrected chi connectivity index (χ4v) is 13.4. The minimum atomic E-state index is -4.96. The summed E-state index contributed by atoms with van der Waals surface area (Å²) in [5, 5.41) is 10.6. The molecule has 19 heteroatoms. The molecule has 3 N–H and O–H groups in total. The summed E-state index contributed by atoms with van der Waals surface area (Å²) in [5.41, 5.74) is 0. The molecule has 6 atom stereocenters. The van der Waals surface area contributed by atoms with Crippen LogP contribution in [-0.2, 0) is 65.4 Å². The first kappa shape index (κ1) is 94.1. The average Bonchev–Trinajstić information content (AvgIpc) is 1.11. The van der Waals surface area contributed by atoms with Crippen molar-refractivity contribution >= 4 is 39.5 Å². The number of rotatable bonds is 77. The van der Waals surface area contributed by atoms with E-state index in [0.717, 1.165) is 95.8 Å². The molecule has 0 saturated carbocycles. The van der Waals surface area contributed by atoms with E-state index >= 15 is 0 Å². The maximum absolute atomic E-state index is 13.1. The highest BCUT2D eigenvalue weighted by Gasteiger charge is 2.30. The molecule has 0 heterocycles. The topological polar surface area (TPSA) is 237 Å². The van der Waals surface area contributed by atoms with Crippen LogP contribution in [0.5, 0.6) is 0 Å². The number of aliphatic hydroxyl groups excluding tert-OH is 1. The van der Waals surface area contributed by atoms with Crippen molar-refractivity contribution in [3.63, 3.8) is 0 Å². The van der Waals surface area contributed by atoms with Gasteiger partial charge in [0.1, 0.15) is 19.3 Å². The monoisotopic (exact) mass is 1410 g/mol. The molecular formula is C77H150O17P2. The molecule has 0 radical (unpaired) electrons. The lowest BCUT2D eigenvalue weighted by atomic mass is 9.99. The Morgan fingerprint density at radius 3 is 0.740 bits per heavy atom. The van der Waals surface area contributed by atoms with Gasteiger partial charge in [-0.25, -0.2) is 9.13 Å². The van der Waals surface area contributed by atoms with Crippen LogP contribution in [0.15, 0.2) is 0 Å². The van der Waals surface area contributed by atoms with E-state index in [1.165, 1.54) is 231 Å². The number of phosphoric acid groups is 2. The second kappa shape index (κ2) is 70.1. The quantitative estimate of drug-likeness (QED) is 0.0222. The summed E-state index contributed by atoms with van der Waals surface area (Å²) in [5.74, 6) is -1.27. The number of ether oxygens (including phenoxy) is 4.